The van der Waals surface area contributed by atoms with Crippen LogP contribution in [0.3, 0.4) is 0 Å². The summed E-state index contributed by atoms with van der Waals surface area (Å²) in [6, 6.07) is 13.3. The van der Waals surface area contributed by atoms with E-state index >= 15 is 0 Å². The van der Waals surface area contributed by atoms with E-state index in [1.54, 1.807) is 6.07 Å². The van der Waals surface area contributed by atoms with E-state index in [0.717, 1.165) is 49.0 Å². The first-order chi connectivity index (χ1) is 14.5. The normalized spacial score (nSPS) is 16.8. The van der Waals surface area contributed by atoms with E-state index in [0.29, 0.717) is 29.3 Å². The first kappa shape index (κ1) is 20.2. The largest absolute Gasteiger partial charge is 0.491 e. The molecule has 2 heterocycles. The van der Waals surface area contributed by atoms with E-state index in [-0.39, 0.29) is 11.8 Å². The van der Waals surface area contributed by atoms with Crippen LogP contribution in [0.2, 0.25) is 0 Å². The quantitative estimate of drug-likeness (QED) is 0.667. The number of rotatable bonds is 6. The lowest BCUT2D eigenvalue weighted by Crippen LogP contribution is -2.34. The molecule has 2 amide bonds. The molecule has 0 bridgehead atoms. The highest BCUT2D eigenvalue weighted by Crippen LogP contribution is 2.40. The number of hydrogen-bond donors (Lipinski definition) is 0. The van der Waals surface area contributed by atoms with Crippen molar-refractivity contribution < 1.29 is 14.3 Å². The topological polar surface area (TPSA) is 49.9 Å². The summed E-state index contributed by atoms with van der Waals surface area (Å²) in [6.45, 7) is 8.18. The van der Waals surface area contributed by atoms with Crippen LogP contribution in [0.15, 0.2) is 48.2 Å². The van der Waals surface area contributed by atoms with Gasteiger partial charge in [-0.15, -0.1) is 0 Å². The van der Waals surface area contributed by atoms with Crippen LogP contribution in [-0.2, 0) is 9.59 Å². The van der Waals surface area contributed by atoms with E-state index in [1.165, 1.54) is 4.90 Å². The molecule has 5 nitrogen and oxygen atoms in total. The number of carbonyl (C=O) groups excluding carboxylic acids is 2. The fourth-order valence-corrected chi connectivity index (χ4v) is 4.28. The van der Waals surface area contributed by atoms with E-state index < -0.39 is 0 Å². The minimum Gasteiger partial charge on any atom is -0.491 e. The number of imide groups is 1. The van der Waals surface area contributed by atoms with E-state index in [1.807, 2.05) is 51.1 Å². The highest BCUT2D eigenvalue weighted by Gasteiger charge is 2.44. The molecule has 4 rings (SSSR count). The summed E-state index contributed by atoms with van der Waals surface area (Å²) in [5.41, 5.74) is 4.50. The molecule has 5 heteroatoms. The zero-order valence-electron chi connectivity index (χ0n) is 17.9. The molecule has 0 atom stereocenters. The lowest BCUT2D eigenvalue weighted by Gasteiger charge is -2.21. The molecule has 2 aromatic carbocycles. The number of amides is 2. The molecule has 2 aliphatic heterocycles. The lowest BCUT2D eigenvalue weighted by atomic mass is 9.97. The molecule has 2 aromatic rings. The third-order valence-corrected chi connectivity index (χ3v) is 5.70. The van der Waals surface area contributed by atoms with Gasteiger partial charge in [-0.05, 0) is 56.4 Å². The molecule has 0 spiro atoms. The summed E-state index contributed by atoms with van der Waals surface area (Å²) in [6.07, 6.45) is 2.91. The summed E-state index contributed by atoms with van der Waals surface area (Å²) in [5.74, 6) is 0.0227. The van der Waals surface area contributed by atoms with E-state index in [2.05, 4.69) is 11.0 Å². The summed E-state index contributed by atoms with van der Waals surface area (Å²) >= 11 is 0. The van der Waals surface area contributed by atoms with Crippen molar-refractivity contribution in [1.82, 2.24) is 4.90 Å². The van der Waals surface area contributed by atoms with Crippen LogP contribution in [-0.4, -0.2) is 36.4 Å². The zero-order chi connectivity index (χ0) is 21.3. The van der Waals surface area contributed by atoms with Crippen LogP contribution in [0.4, 0.5) is 5.69 Å². The van der Waals surface area contributed by atoms with Crippen molar-refractivity contribution in [3.63, 3.8) is 0 Å². The molecule has 0 unspecified atom stereocenters. The second-order valence-corrected chi connectivity index (χ2v) is 8.00. The Kier molecular flexibility index (Phi) is 5.62. The Morgan fingerprint density at radius 3 is 2.40 bits per heavy atom. The van der Waals surface area contributed by atoms with Gasteiger partial charge >= 0.3 is 0 Å². The van der Waals surface area contributed by atoms with Crippen molar-refractivity contribution in [2.75, 3.05) is 24.6 Å². The fraction of sp³-hybridized carbons (Fsp3) is 0.360. The number of anilines is 1. The number of nitrogens with zero attached hydrogens (tertiary/aromatic N) is 2. The molecule has 0 N–H and O–H groups in total. The number of aryl methyl sites for hydroxylation is 2. The van der Waals surface area contributed by atoms with E-state index in [9.17, 15) is 9.59 Å². The first-order valence-corrected chi connectivity index (χ1v) is 10.7. The van der Waals surface area contributed by atoms with Crippen molar-refractivity contribution in [2.24, 2.45) is 0 Å². The molecule has 156 valence electrons. The Labute approximate surface area is 177 Å². The predicted octanol–water partition coefficient (Wildman–Crippen LogP) is 4.47. The first-order valence-electron chi connectivity index (χ1n) is 10.7. The van der Waals surface area contributed by atoms with Gasteiger partial charge in [-0.3, -0.25) is 9.59 Å². The summed E-state index contributed by atoms with van der Waals surface area (Å²) in [7, 11) is 0. The Morgan fingerprint density at radius 2 is 1.70 bits per heavy atom. The van der Waals surface area contributed by atoms with Crippen molar-refractivity contribution in [2.45, 2.75) is 40.0 Å². The van der Waals surface area contributed by atoms with Crippen LogP contribution < -0.4 is 9.64 Å². The van der Waals surface area contributed by atoms with Gasteiger partial charge in [-0.2, -0.15) is 0 Å². The molecular weight excluding hydrogens is 376 g/mol. The average molecular weight is 405 g/mol. The van der Waals surface area contributed by atoms with E-state index in [4.69, 9.17) is 4.74 Å². The number of ether oxygens (including phenoxy) is 1. The third-order valence-electron chi connectivity index (χ3n) is 5.70. The molecule has 2 aliphatic rings. The maximum absolute atomic E-state index is 13.7. The van der Waals surface area contributed by atoms with Crippen molar-refractivity contribution >= 4 is 23.1 Å². The number of carbonyl (C=O) groups is 2. The molecule has 0 radical (unpaired) electrons. The average Bonchev–Trinajstić information content (AvgIpc) is 3.33. The number of benzene rings is 2. The van der Waals surface area contributed by atoms with Crippen molar-refractivity contribution in [3.05, 3.63) is 64.9 Å². The number of likely N-dealkylation sites (tertiary alicyclic amines) is 1. The Morgan fingerprint density at radius 1 is 0.967 bits per heavy atom. The summed E-state index contributed by atoms with van der Waals surface area (Å²) in [5, 5.41) is 0. The SMILES string of the molecule is CCCOc1ccccc1N1C(=O)C(c2ccc(C)cc2C)=C(N2CCCC2)C1=O. The second-order valence-electron chi connectivity index (χ2n) is 8.00. The van der Waals surface area contributed by atoms with Crippen LogP contribution in [0.25, 0.3) is 5.57 Å². The van der Waals surface area contributed by atoms with Gasteiger partial charge in [0.25, 0.3) is 11.8 Å². The highest BCUT2D eigenvalue weighted by atomic mass is 16.5. The molecular formula is C25H28N2O3. The lowest BCUT2D eigenvalue weighted by molar-refractivity contribution is -0.120. The van der Waals surface area contributed by atoms with Crippen LogP contribution in [0.5, 0.6) is 5.75 Å². The minimum atomic E-state index is -0.276. The van der Waals surface area contributed by atoms with Gasteiger partial charge in [-0.1, -0.05) is 42.8 Å². The molecule has 0 saturated carbocycles. The molecule has 0 aromatic heterocycles. The maximum atomic E-state index is 13.7. The van der Waals surface area contributed by atoms with Gasteiger partial charge in [0, 0.05) is 13.1 Å². The van der Waals surface area contributed by atoms with Crippen LogP contribution in [0, 0.1) is 13.8 Å². The summed E-state index contributed by atoms with van der Waals surface area (Å²) in [4.78, 5) is 30.7. The van der Waals surface area contributed by atoms with Gasteiger partial charge in [0.2, 0.25) is 0 Å². The van der Waals surface area contributed by atoms with Gasteiger partial charge in [0.05, 0.1) is 17.9 Å². The summed E-state index contributed by atoms with van der Waals surface area (Å²) < 4.78 is 5.86. The van der Waals surface area contributed by atoms with Crippen molar-refractivity contribution in [1.29, 1.82) is 0 Å². The second kappa shape index (κ2) is 8.34. The van der Waals surface area contributed by atoms with Crippen molar-refractivity contribution in [3.8, 4) is 5.75 Å². The Hall–Kier alpha value is -3.08. The fourth-order valence-electron chi connectivity index (χ4n) is 4.28. The predicted molar refractivity (Wildman–Crippen MR) is 118 cm³/mol. The Bertz CT molecular complexity index is 1020. The highest BCUT2D eigenvalue weighted by molar-refractivity contribution is 6.45. The van der Waals surface area contributed by atoms with Crippen LogP contribution in [0.1, 0.15) is 42.9 Å². The van der Waals surface area contributed by atoms with Gasteiger partial charge in [0.1, 0.15) is 11.4 Å². The monoisotopic (exact) mass is 404 g/mol. The smallest absolute Gasteiger partial charge is 0.282 e. The third kappa shape index (κ3) is 3.49. The molecule has 0 aliphatic carbocycles. The zero-order valence-corrected chi connectivity index (χ0v) is 17.9. The molecule has 1 fully saturated rings. The Balaban J connectivity index is 1.83. The van der Waals surface area contributed by atoms with Gasteiger partial charge < -0.3 is 9.64 Å². The molecule has 30 heavy (non-hydrogen) atoms. The number of hydrogen-bond acceptors (Lipinski definition) is 4. The van der Waals surface area contributed by atoms with Gasteiger partial charge in [0.15, 0.2) is 0 Å². The van der Waals surface area contributed by atoms with Crippen LogP contribution >= 0.6 is 0 Å². The standard InChI is InChI=1S/C25H28N2O3/c1-4-15-30-21-10-6-5-9-20(21)27-24(28)22(19-12-11-17(2)16-18(19)3)23(25(27)29)26-13-7-8-14-26/h5-6,9-12,16H,4,7-8,13-15H2,1-3H3. The maximum Gasteiger partial charge on any atom is 0.282 e. The molecule has 1 saturated heterocycles. The number of para-hydroxylation sites is 2. The van der Waals surface area contributed by atoms with Gasteiger partial charge in [-0.25, -0.2) is 4.90 Å². The minimum absolute atomic E-state index is 0.260.